The molecule has 0 N–H and O–H groups in total. The van der Waals surface area contributed by atoms with Crippen LogP contribution in [0.25, 0.3) is 76.9 Å². The van der Waals surface area contributed by atoms with Crippen LogP contribution in [0.4, 0.5) is 34.1 Å². The molecule has 0 saturated heterocycles. The molecule has 0 saturated carbocycles. The molecule has 0 amide bonds. The van der Waals surface area contributed by atoms with Gasteiger partial charge in [-0.05, 0) is 147 Å². The molecule has 2 aromatic heterocycles. The third-order valence-corrected chi connectivity index (χ3v) is 15.2. The van der Waals surface area contributed by atoms with Gasteiger partial charge in [0.2, 0.25) is 0 Å². The summed E-state index contributed by atoms with van der Waals surface area (Å²) in [5.74, 6) is 0. The van der Waals surface area contributed by atoms with E-state index in [2.05, 4.69) is 226 Å². The van der Waals surface area contributed by atoms with E-state index in [1.54, 1.807) is 0 Å². The van der Waals surface area contributed by atoms with E-state index >= 15 is 0 Å². The number of rotatable bonds is 6. The molecule has 68 heavy (non-hydrogen) atoms. The Kier molecular flexibility index (Phi) is 8.06. The standard InChI is InChI=1S/C64H46N2O2/c1-63(2)53-35-43(65(39-17-7-5-8-18-39)41-28-31-60-50(33-41)46-22-13-15-25-58(46)67-60)27-30-44(53)49-36-52-55(37-54(49)63)64(3,4)56-38-57(45-21-11-12-24-48(45)62(52)56)66(40-19-9-6-10-20-40)42-29-32-61-51(34-42)47-23-14-16-26-59(47)68-61/h5-38H,1-4H3. The van der Waals surface area contributed by atoms with Crippen LogP contribution in [0, 0.1) is 0 Å². The summed E-state index contributed by atoms with van der Waals surface area (Å²) in [5.41, 5.74) is 20.4. The number of anilines is 6. The molecule has 0 radical (unpaired) electrons. The van der Waals surface area contributed by atoms with Crippen molar-refractivity contribution in [1.82, 2.24) is 0 Å². The van der Waals surface area contributed by atoms with E-state index < -0.39 is 0 Å². The van der Waals surface area contributed by atoms with Gasteiger partial charge in [0.15, 0.2) is 0 Å². The number of nitrogens with zero attached hydrogens (tertiary/aromatic N) is 2. The van der Waals surface area contributed by atoms with Gasteiger partial charge < -0.3 is 18.6 Å². The molecule has 0 unspecified atom stereocenters. The Balaban J connectivity index is 0.929. The summed E-state index contributed by atoms with van der Waals surface area (Å²) in [6.07, 6.45) is 0. The van der Waals surface area contributed by atoms with E-state index in [1.165, 1.54) is 55.3 Å². The maximum absolute atomic E-state index is 6.31. The Labute approximate surface area is 394 Å². The second-order valence-electron chi connectivity index (χ2n) is 19.7. The number of para-hydroxylation sites is 4. The monoisotopic (exact) mass is 874 g/mol. The first-order valence-corrected chi connectivity index (χ1v) is 23.7. The van der Waals surface area contributed by atoms with E-state index in [9.17, 15) is 0 Å². The van der Waals surface area contributed by atoms with Crippen LogP contribution in [-0.4, -0.2) is 0 Å². The van der Waals surface area contributed by atoms with Crippen molar-refractivity contribution < 1.29 is 8.83 Å². The molecule has 0 spiro atoms. The van der Waals surface area contributed by atoms with Gasteiger partial charge in [0, 0.05) is 66.2 Å². The van der Waals surface area contributed by atoms with Crippen LogP contribution in [-0.2, 0) is 10.8 Å². The number of hydrogen-bond acceptors (Lipinski definition) is 4. The second kappa shape index (κ2) is 14.1. The van der Waals surface area contributed by atoms with Gasteiger partial charge >= 0.3 is 0 Å². The fraction of sp³-hybridized carbons (Fsp3) is 0.0938. The Morgan fingerprint density at radius 3 is 1.38 bits per heavy atom. The van der Waals surface area contributed by atoms with Gasteiger partial charge in [0.1, 0.15) is 22.3 Å². The van der Waals surface area contributed by atoms with Crippen molar-refractivity contribution in [3.63, 3.8) is 0 Å². The third-order valence-electron chi connectivity index (χ3n) is 15.2. The molecular formula is C64H46N2O2. The summed E-state index contributed by atoms with van der Waals surface area (Å²) in [6, 6.07) is 75.1. The van der Waals surface area contributed by atoms with Gasteiger partial charge in [0.25, 0.3) is 0 Å². The maximum atomic E-state index is 6.31. The Hall–Kier alpha value is -8.34. The highest BCUT2D eigenvalue weighted by Gasteiger charge is 2.43. The Morgan fingerprint density at radius 2 is 0.750 bits per heavy atom. The predicted molar refractivity (Wildman–Crippen MR) is 283 cm³/mol. The Morgan fingerprint density at radius 1 is 0.294 bits per heavy atom. The highest BCUT2D eigenvalue weighted by atomic mass is 16.3. The topological polar surface area (TPSA) is 32.8 Å². The van der Waals surface area contributed by atoms with Crippen LogP contribution in [0.1, 0.15) is 49.9 Å². The zero-order chi connectivity index (χ0) is 45.5. The van der Waals surface area contributed by atoms with Gasteiger partial charge in [-0.2, -0.15) is 0 Å². The van der Waals surface area contributed by atoms with E-state index in [-0.39, 0.29) is 10.8 Å². The molecule has 14 rings (SSSR count). The molecule has 0 fully saturated rings. The van der Waals surface area contributed by atoms with Gasteiger partial charge in [-0.25, -0.2) is 0 Å². The van der Waals surface area contributed by atoms with Crippen molar-refractivity contribution in [2.24, 2.45) is 0 Å². The molecule has 2 aliphatic carbocycles. The van der Waals surface area contributed by atoms with Crippen LogP contribution in [0.3, 0.4) is 0 Å². The maximum Gasteiger partial charge on any atom is 0.135 e. The minimum atomic E-state index is -0.276. The minimum absolute atomic E-state index is 0.249. The fourth-order valence-corrected chi connectivity index (χ4v) is 11.8. The molecule has 4 nitrogen and oxygen atoms in total. The summed E-state index contributed by atoms with van der Waals surface area (Å²) in [4.78, 5) is 4.83. The lowest BCUT2D eigenvalue weighted by Crippen LogP contribution is -2.19. The zero-order valence-electron chi connectivity index (χ0n) is 38.3. The number of benzene rings is 10. The van der Waals surface area contributed by atoms with Crippen LogP contribution in [0.15, 0.2) is 215 Å². The fourth-order valence-electron chi connectivity index (χ4n) is 11.8. The molecule has 12 aromatic rings. The quantitative estimate of drug-likeness (QED) is 0.167. The highest BCUT2D eigenvalue weighted by molar-refractivity contribution is 6.12. The summed E-state index contributed by atoms with van der Waals surface area (Å²) >= 11 is 0. The Bertz CT molecular complexity index is 4040. The highest BCUT2D eigenvalue weighted by Crippen LogP contribution is 2.59. The number of furan rings is 2. The van der Waals surface area contributed by atoms with Gasteiger partial charge in [-0.1, -0.05) is 137 Å². The summed E-state index contributed by atoms with van der Waals surface area (Å²) in [7, 11) is 0. The molecule has 0 aliphatic heterocycles. The molecule has 0 bridgehead atoms. The molecule has 324 valence electrons. The van der Waals surface area contributed by atoms with Crippen molar-refractivity contribution in [1.29, 1.82) is 0 Å². The lowest BCUT2D eigenvalue weighted by Gasteiger charge is -2.30. The molecule has 4 heteroatoms. The van der Waals surface area contributed by atoms with Crippen molar-refractivity contribution in [2.75, 3.05) is 9.80 Å². The lowest BCUT2D eigenvalue weighted by molar-refractivity contribution is 0.639. The summed E-state index contributed by atoms with van der Waals surface area (Å²) in [6.45, 7) is 9.66. The first-order chi connectivity index (χ1) is 33.2. The second-order valence-corrected chi connectivity index (χ2v) is 19.7. The average molecular weight is 875 g/mol. The molecule has 2 aliphatic rings. The van der Waals surface area contributed by atoms with Gasteiger partial charge in [-0.3, -0.25) is 0 Å². The van der Waals surface area contributed by atoms with Crippen LogP contribution < -0.4 is 9.80 Å². The van der Waals surface area contributed by atoms with Crippen molar-refractivity contribution in [3.05, 3.63) is 229 Å². The molecule has 2 heterocycles. The summed E-state index contributed by atoms with van der Waals surface area (Å²) < 4.78 is 12.6. The van der Waals surface area contributed by atoms with Crippen molar-refractivity contribution in [3.8, 4) is 22.3 Å². The van der Waals surface area contributed by atoms with E-state index in [0.717, 1.165) is 78.0 Å². The zero-order valence-corrected chi connectivity index (χ0v) is 38.3. The van der Waals surface area contributed by atoms with Crippen LogP contribution in [0.2, 0.25) is 0 Å². The predicted octanol–water partition coefficient (Wildman–Crippen LogP) is 18.2. The van der Waals surface area contributed by atoms with Crippen LogP contribution >= 0.6 is 0 Å². The average Bonchev–Trinajstić information content (AvgIpc) is 4.06. The largest absolute Gasteiger partial charge is 0.456 e. The normalized spacial score (nSPS) is 14.1. The number of hydrogen-bond donors (Lipinski definition) is 0. The van der Waals surface area contributed by atoms with Crippen molar-refractivity contribution >= 4 is 88.8 Å². The van der Waals surface area contributed by atoms with Gasteiger partial charge in [-0.15, -0.1) is 0 Å². The van der Waals surface area contributed by atoms with Crippen LogP contribution in [0.5, 0.6) is 0 Å². The van der Waals surface area contributed by atoms with Gasteiger partial charge in [0.05, 0.1) is 5.69 Å². The van der Waals surface area contributed by atoms with E-state index in [0.29, 0.717) is 0 Å². The smallest absolute Gasteiger partial charge is 0.135 e. The van der Waals surface area contributed by atoms with E-state index in [4.69, 9.17) is 8.83 Å². The molecule has 10 aromatic carbocycles. The molecular weight excluding hydrogens is 829 g/mol. The lowest BCUT2D eigenvalue weighted by atomic mass is 9.77. The third kappa shape index (κ3) is 5.49. The number of fused-ring (bicyclic) bond motifs is 14. The first kappa shape index (κ1) is 38.9. The van der Waals surface area contributed by atoms with Crippen molar-refractivity contribution in [2.45, 2.75) is 38.5 Å². The first-order valence-electron chi connectivity index (χ1n) is 23.7. The van der Waals surface area contributed by atoms with E-state index in [1.807, 2.05) is 18.2 Å². The minimum Gasteiger partial charge on any atom is -0.456 e. The summed E-state index contributed by atoms with van der Waals surface area (Å²) in [5, 5.41) is 6.94. The molecule has 0 atom stereocenters. The SMILES string of the molecule is CC1(C)c2cc(N(c3ccccc3)c3ccc4oc5ccccc5c4c3)ccc2-c2cc3c(cc21)C(C)(C)c1cc(N(c2ccccc2)c2ccc4oc5ccccc5c4c2)c2ccccc2c1-3.